The Balaban J connectivity index is 2.14. The van der Waals surface area contributed by atoms with Gasteiger partial charge in [-0.15, -0.1) is 0 Å². The van der Waals surface area contributed by atoms with E-state index in [1.54, 1.807) is 24.3 Å². The molecule has 6 nitrogen and oxygen atoms in total. The normalized spacial score (nSPS) is 10.4. The van der Waals surface area contributed by atoms with Gasteiger partial charge in [0, 0.05) is 30.0 Å². The number of hydrogen-bond donors (Lipinski definition) is 3. The van der Waals surface area contributed by atoms with Crippen LogP contribution in [0, 0.1) is 6.92 Å². The summed E-state index contributed by atoms with van der Waals surface area (Å²) in [6.07, 6.45) is 1.53. The van der Waals surface area contributed by atoms with Gasteiger partial charge < -0.3 is 16.0 Å². The fourth-order valence-electron chi connectivity index (χ4n) is 2.26. The molecule has 2 amide bonds. The van der Waals surface area contributed by atoms with Crippen LogP contribution in [0.4, 0.5) is 11.5 Å². The second kappa shape index (κ2) is 8.28. The van der Waals surface area contributed by atoms with Gasteiger partial charge in [0.15, 0.2) is 0 Å². The number of nitrogens with zero attached hydrogens (tertiary/aromatic N) is 1. The number of nitrogens with one attached hydrogen (secondary N) is 3. The molecule has 0 aliphatic carbocycles. The molecule has 1 aromatic carbocycles. The van der Waals surface area contributed by atoms with Crippen LogP contribution in [0.1, 0.15) is 47.1 Å². The summed E-state index contributed by atoms with van der Waals surface area (Å²) in [6, 6.07) is 8.99. The van der Waals surface area contributed by atoms with E-state index in [1.807, 2.05) is 33.8 Å². The van der Waals surface area contributed by atoms with Crippen molar-refractivity contribution in [2.45, 2.75) is 33.7 Å². The standard InChI is InChI=1S/C19H24N4O2/c1-5-20-18(24)14-7-6-13(4)16(10-14)23-19(25)15-8-9-17(21-11-15)22-12(2)3/h6-12H,5H2,1-4H3,(H,20,24)(H,21,22)(H,23,25). The van der Waals surface area contributed by atoms with Crippen molar-refractivity contribution in [1.82, 2.24) is 10.3 Å². The molecule has 2 rings (SSSR count). The Hall–Kier alpha value is -2.89. The lowest BCUT2D eigenvalue weighted by Gasteiger charge is -2.12. The molecule has 6 heteroatoms. The van der Waals surface area contributed by atoms with Gasteiger partial charge in [-0.05, 0) is 57.5 Å². The number of hydrogen-bond acceptors (Lipinski definition) is 4. The molecule has 0 atom stereocenters. The van der Waals surface area contributed by atoms with E-state index < -0.39 is 0 Å². The van der Waals surface area contributed by atoms with Gasteiger partial charge in [-0.1, -0.05) is 6.07 Å². The third kappa shape index (κ3) is 5.04. The van der Waals surface area contributed by atoms with Gasteiger partial charge in [0.25, 0.3) is 11.8 Å². The third-order valence-corrected chi connectivity index (χ3v) is 3.55. The molecule has 0 aliphatic heterocycles. The molecule has 0 bridgehead atoms. The van der Waals surface area contributed by atoms with Crippen LogP contribution in [-0.2, 0) is 0 Å². The summed E-state index contributed by atoms with van der Waals surface area (Å²) in [7, 11) is 0. The summed E-state index contributed by atoms with van der Waals surface area (Å²) in [6.45, 7) is 8.33. The summed E-state index contributed by atoms with van der Waals surface area (Å²) >= 11 is 0. The number of anilines is 2. The molecule has 25 heavy (non-hydrogen) atoms. The topological polar surface area (TPSA) is 83.1 Å². The number of rotatable bonds is 6. The largest absolute Gasteiger partial charge is 0.368 e. The average Bonchev–Trinajstić information content (AvgIpc) is 2.57. The van der Waals surface area contributed by atoms with Gasteiger partial charge in [-0.2, -0.15) is 0 Å². The fourth-order valence-corrected chi connectivity index (χ4v) is 2.26. The first-order valence-electron chi connectivity index (χ1n) is 8.33. The zero-order chi connectivity index (χ0) is 18.4. The number of amides is 2. The Labute approximate surface area is 148 Å². The van der Waals surface area contributed by atoms with E-state index in [9.17, 15) is 9.59 Å². The van der Waals surface area contributed by atoms with Crippen molar-refractivity contribution in [3.05, 3.63) is 53.2 Å². The second-order valence-corrected chi connectivity index (χ2v) is 6.07. The molecule has 0 saturated carbocycles. The minimum absolute atomic E-state index is 0.163. The summed E-state index contributed by atoms with van der Waals surface area (Å²) in [5, 5.41) is 8.77. The van der Waals surface area contributed by atoms with Crippen LogP contribution in [0.3, 0.4) is 0 Å². The minimum atomic E-state index is -0.264. The van der Waals surface area contributed by atoms with Crippen molar-refractivity contribution in [2.75, 3.05) is 17.2 Å². The molecule has 0 radical (unpaired) electrons. The van der Waals surface area contributed by atoms with Gasteiger partial charge in [-0.25, -0.2) is 4.98 Å². The van der Waals surface area contributed by atoms with Crippen LogP contribution in [0.25, 0.3) is 0 Å². The molecular weight excluding hydrogens is 316 g/mol. The molecule has 3 N–H and O–H groups in total. The minimum Gasteiger partial charge on any atom is -0.368 e. The van der Waals surface area contributed by atoms with Crippen molar-refractivity contribution in [3.63, 3.8) is 0 Å². The van der Waals surface area contributed by atoms with E-state index >= 15 is 0 Å². The van der Waals surface area contributed by atoms with Crippen LogP contribution in [-0.4, -0.2) is 29.4 Å². The highest BCUT2D eigenvalue weighted by molar-refractivity contribution is 6.05. The zero-order valence-corrected chi connectivity index (χ0v) is 15.0. The Bertz CT molecular complexity index is 755. The SMILES string of the molecule is CCNC(=O)c1ccc(C)c(NC(=O)c2ccc(NC(C)C)nc2)c1. The third-order valence-electron chi connectivity index (χ3n) is 3.55. The molecule has 2 aromatic rings. The average molecular weight is 340 g/mol. The predicted molar refractivity (Wildman–Crippen MR) is 100 cm³/mol. The Morgan fingerprint density at radius 1 is 1.08 bits per heavy atom. The summed E-state index contributed by atoms with van der Waals surface area (Å²) in [5.41, 5.74) is 2.46. The van der Waals surface area contributed by atoms with Gasteiger partial charge in [-0.3, -0.25) is 9.59 Å². The van der Waals surface area contributed by atoms with Gasteiger partial charge in [0.05, 0.1) is 5.56 Å². The number of carbonyl (C=O) groups excluding carboxylic acids is 2. The zero-order valence-electron chi connectivity index (χ0n) is 15.0. The van der Waals surface area contributed by atoms with Crippen LogP contribution in [0.5, 0.6) is 0 Å². The Morgan fingerprint density at radius 2 is 1.80 bits per heavy atom. The van der Waals surface area contributed by atoms with Crippen molar-refractivity contribution >= 4 is 23.3 Å². The highest BCUT2D eigenvalue weighted by Crippen LogP contribution is 2.18. The molecule has 1 heterocycles. The van der Waals surface area contributed by atoms with Crippen molar-refractivity contribution in [2.24, 2.45) is 0 Å². The van der Waals surface area contributed by atoms with Crippen LogP contribution < -0.4 is 16.0 Å². The quantitative estimate of drug-likeness (QED) is 0.754. The lowest BCUT2D eigenvalue weighted by atomic mass is 10.1. The summed E-state index contributed by atoms with van der Waals surface area (Å²) < 4.78 is 0. The number of aromatic nitrogens is 1. The van der Waals surface area contributed by atoms with E-state index in [0.717, 1.165) is 11.4 Å². The van der Waals surface area contributed by atoms with Crippen LogP contribution in [0.2, 0.25) is 0 Å². The fraction of sp³-hybridized carbons (Fsp3) is 0.316. The second-order valence-electron chi connectivity index (χ2n) is 6.07. The first kappa shape index (κ1) is 18.4. The molecule has 132 valence electrons. The molecule has 0 unspecified atom stereocenters. The van der Waals surface area contributed by atoms with Gasteiger partial charge in [0.2, 0.25) is 0 Å². The van der Waals surface area contributed by atoms with E-state index in [4.69, 9.17) is 0 Å². The predicted octanol–water partition coefficient (Wildman–Crippen LogP) is 3.21. The smallest absolute Gasteiger partial charge is 0.257 e. The van der Waals surface area contributed by atoms with Crippen molar-refractivity contribution < 1.29 is 9.59 Å². The summed E-state index contributed by atoms with van der Waals surface area (Å²) in [5.74, 6) is 0.296. The van der Waals surface area contributed by atoms with E-state index in [2.05, 4.69) is 20.9 Å². The number of pyridine rings is 1. The van der Waals surface area contributed by atoms with E-state index in [-0.39, 0.29) is 17.9 Å². The maximum Gasteiger partial charge on any atom is 0.257 e. The van der Waals surface area contributed by atoms with E-state index in [1.165, 1.54) is 6.20 Å². The van der Waals surface area contributed by atoms with Gasteiger partial charge in [0.1, 0.15) is 5.82 Å². The highest BCUT2D eigenvalue weighted by atomic mass is 16.2. The Kier molecular flexibility index (Phi) is 6.11. The number of aryl methyl sites for hydroxylation is 1. The van der Waals surface area contributed by atoms with Crippen LogP contribution in [0.15, 0.2) is 36.5 Å². The molecule has 0 spiro atoms. The van der Waals surface area contributed by atoms with Crippen LogP contribution >= 0.6 is 0 Å². The van der Waals surface area contributed by atoms with Gasteiger partial charge >= 0.3 is 0 Å². The monoisotopic (exact) mass is 340 g/mol. The molecule has 0 aliphatic rings. The lowest BCUT2D eigenvalue weighted by Crippen LogP contribution is -2.23. The molecule has 0 saturated heterocycles. The first-order valence-corrected chi connectivity index (χ1v) is 8.33. The maximum atomic E-state index is 12.4. The van der Waals surface area contributed by atoms with E-state index in [0.29, 0.717) is 23.4 Å². The maximum absolute atomic E-state index is 12.4. The van der Waals surface area contributed by atoms with Crippen molar-refractivity contribution in [3.8, 4) is 0 Å². The number of benzene rings is 1. The summed E-state index contributed by atoms with van der Waals surface area (Å²) in [4.78, 5) is 28.6. The lowest BCUT2D eigenvalue weighted by molar-refractivity contribution is 0.0954. The number of carbonyl (C=O) groups is 2. The molecule has 1 aromatic heterocycles. The highest BCUT2D eigenvalue weighted by Gasteiger charge is 2.11. The first-order chi connectivity index (χ1) is 11.9. The molecule has 0 fully saturated rings. The van der Waals surface area contributed by atoms with Crippen molar-refractivity contribution in [1.29, 1.82) is 0 Å². The Morgan fingerprint density at radius 3 is 2.40 bits per heavy atom. The molecular formula is C19H24N4O2.